The van der Waals surface area contributed by atoms with Gasteiger partial charge in [0.2, 0.25) is 11.8 Å². The number of nitrogens with zero attached hydrogens (tertiary/aromatic N) is 3. The zero-order valence-corrected chi connectivity index (χ0v) is 27.7. The van der Waals surface area contributed by atoms with E-state index in [4.69, 9.17) is 9.40 Å². The molecule has 0 radical (unpaired) electrons. The molecule has 0 amide bonds. The number of aromatic nitrogens is 1. The molecular weight excluding hydrogens is 580 g/mol. The second kappa shape index (κ2) is 14.9. The predicted molar refractivity (Wildman–Crippen MR) is 186 cm³/mol. The highest BCUT2D eigenvalue weighted by molar-refractivity contribution is 7.99. The summed E-state index contributed by atoms with van der Waals surface area (Å²) < 4.78 is 20.5. The molecule has 1 N–H and O–H groups in total. The third-order valence-corrected chi connectivity index (χ3v) is 10.6. The third-order valence-electron chi connectivity index (χ3n) is 9.65. The van der Waals surface area contributed by atoms with Gasteiger partial charge in [0.05, 0.1) is 0 Å². The van der Waals surface area contributed by atoms with Crippen LogP contribution >= 0.6 is 11.8 Å². The molecule has 1 aliphatic carbocycles. The van der Waals surface area contributed by atoms with E-state index < -0.39 is 0 Å². The van der Waals surface area contributed by atoms with Gasteiger partial charge in [0.15, 0.2) is 0 Å². The zero-order valence-electron chi connectivity index (χ0n) is 26.9. The summed E-state index contributed by atoms with van der Waals surface area (Å²) in [6, 6.07) is 26.5. The van der Waals surface area contributed by atoms with Crippen LogP contribution in [0.3, 0.4) is 0 Å². The summed E-state index contributed by atoms with van der Waals surface area (Å²) in [5.41, 5.74) is 5.86. The fourth-order valence-corrected chi connectivity index (χ4v) is 8.20. The number of anilines is 2. The molecule has 6 rings (SSSR count). The van der Waals surface area contributed by atoms with Gasteiger partial charge in [0, 0.05) is 42.7 Å². The zero-order chi connectivity index (χ0) is 31.2. The maximum absolute atomic E-state index is 13.7. The van der Waals surface area contributed by atoms with Crippen LogP contribution < -0.4 is 10.2 Å². The summed E-state index contributed by atoms with van der Waals surface area (Å²) in [4.78, 5) is 9.98. The maximum Gasteiger partial charge on any atom is 0.220 e. The van der Waals surface area contributed by atoms with Gasteiger partial charge in [-0.1, -0.05) is 73.5 Å². The fraction of sp³-hybridized carbons (Fsp3) is 0.447. The van der Waals surface area contributed by atoms with Crippen LogP contribution in [0.5, 0.6) is 0 Å². The molecule has 1 aliphatic heterocycles. The first-order valence-corrected chi connectivity index (χ1v) is 17.7. The number of hydrogen-bond donors (Lipinski definition) is 1. The van der Waals surface area contributed by atoms with Crippen molar-refractivity contribution in [1.82, 2.24) is 9.88 Å². The molecule has 2 fully saturated rings. The Morgan fingerprint density at radius 2 is 1.62 bits per heavy atom. The van der Waals surface area contributed by atoms with Gasteiger partial charge in [-0.15, -0.1) is 0 Å². The third kappa shape index (κ3) is 7.93. The van der Waals surface area contributed by atoms with Crippen molar-refractivity contribution in [3.8, 4) is 0 Å². The first-order valence-electron chi connectivity index (χ1n) is 16.5. The van der Waals surface area contributed by atoms with E-state index in [2.05, 4.69) is 90.7 Å². The Bertz CT molecular complexity index is 1490. The molecule has 0 bridgehead atoms. The number of rotatable bonds is 11. The van der Waals surface area contributed by atoms with Crippen molar-refractivity contribution < 1.29 is 8.81 Å². The summed E-state index contributed by atoms with van der Waals surface area (Å²) in [5, 5.41) is 3.88. The number of hydrogen-bond acceptors (Lipinski definition) is 6. The van der Waals surface area contributed by atoms with Crippen molar-refractivity contribution in [2.24, 2.45) is 11.8 Å². The van der Waals surface area contributed by atoms with Crippen LogP contribution in [0.25, 0.3) is 0 Å². The van der Waals surface area contributed by atoms with Crippen LogP contribution in [0.2, 0.25) is 0 Å². The number of thioether (sulfide) groups is 1. The standard InChI is InChI=1S/C38H47FN4OS/c1-27-9-7-8-12-33(27)40-34(25-29-13-15-30(16-14-29)36(42(2)3)31-17-19-32(39)20-18-31)37-41-35(26-28-10-5-4-6-11-28)38(44-37)43-21-23-45-24-22-43/h4-12,17-20,29-30,34,36,40H,13-16,21-26H2,1-3H3. The molecule has 1 saturated carbocycles. The van der Waals surface area contributed by atoms with Crippen LogP contribution in [-0.2, 0) is 6.42 Å². The fourth-order valence-electron chi connectivity index (χ4n) is 7.30. The molecule has 4 aromatic rings. The lowest BCUT2D eigenvalue weighted by atomic mass is 9.74. The number of oxazole rings is 1. The first kappa shape index (κ1) is 31.7. The Balaban J connectivity index is 1.24. The Hall–Kier alpha value is -3.29. The molecule has 5 nitrogen and oxygen atoms in total. The Morgan fingerprint density at radius 3 is 2.31 bits per heavy atom. The second-order valence-corrected chi connectivity index (χ2v) is 14.3. The first-order chi connectivity index (χ1) is 21.9. The normalized spacial score (nSPS) is 20.2. The molecule has 1 saturated heterocycles. The molecular formula is C38H47FN4OS. The highest BCUT2D eigenvalue weighted by atomic mass is 32.2. The Kier molecular flexibility index (Phi) is 10.5. The van der Waals surface area contributed by atoms with E-state index in [1.165, 1.54) is 16.7 Å². The smallest absolute Gasteiger partial charge is 0.220 e. The van der Waals surface area contributed by atoms with Crippen LogP contribution in [0.1, 0.15) is 72.5 Å². The van der Waals surface area contributed by atoms with Gasteiger partial charge in [-0.05, 0) is 87.0 Å². The van der Waals surface area contributed by atoms with Gasteiger partial charge in [0.25, 0.3) is 0 Å². The summed E-state index contributed by atoms with van der Waals surface area (Å²) in [6.07, 6.45) is 6.38. The molecule has 2 unspecified atom stereocenters. The SMILES string of the molecule is Cc1ccccc1NC(CC1CCC(C(c2ccc(F)cc2)N(C)C)CC1)c1nc(Cc2ccccc2)c(N2CCSCC2)o1. The van der Waals surface area contributed by atoms with Crippen molar-refractivity contribution >= 4 is 23.3 Å². The summed E-state index contributed by atoms with van der Waals surface area (Å²) >= 11 is 2.01. The molecule has 1 aromatic heterocycles. The summed E-state index contributed by atoms with van der Waals surface area (Å²) in [6.45, 7) is 4.14. The lowest BCUT2D eigenvalue weighted by molar-refractivity contribution is 0.143. The topological polar surface area (TPSA) is 44.5 Å². The van der Waals surface area contributed by atoms with Crippen molar-refractivity contribution in [3.05, 3.63) is 113 Å². The van der Waals surface area contributed by atoms with Gasteiger partial charge in [-0.25, -0.2) is 9.37 Å². The van der Waals surface area contributed by atoms with E-state index >= 15 is 0 Å². The molecule has 7 heteroatoms. The van der Waals surface area contributed by atoms with Crippen molar-refractivity contribution in [2.45, 2.75) is 57.5 Å². The predicted octanol–water partition coefficient (Wildman–Crippen LogP) is 8.92. The monoisotopic (exact) mass is 626 g/mol. The van der Waals surface area contributed by atoms with Crippen LogP contribution in [0, 0.1) is 24.6 Å². The van der Waals surface area contributed by atoms with Gasteiger partial charge < -0.3 is 19.5 Å². The van der Waals surface area contributed by atoms with Crippen LogP contribution in [0.15, 0.2) is 83.3 Å². The summed E-state index contributed by atoms with van der Waals surface area (Å²) in [5.74, 6) is 4.92. The second-order valence-electron chi connectivity index (χ2n) is 13.1. The minimum Gasteiger partial charge on any atom is -0.423 e. The minimum absolute atomic E-state index is 0.0168. The van der Waals surface area contributed by atoms with Crippen LogP contribution in [-0.4, -0.2) is 48.6 Å². The lowest BCUT2D eigenvalue weighted by Gasteiger charge is -2.38. The van der Waals surface area contributed by atoms with E-state index in [1.807, 2.05) is 23.9 Å². The van der Waals surface area contributed by atoms with Crippen molar-refractivity contribution in [2.75, 3.05) is 48.9 Å². The quantitative estimate of drug-likeness (QED) is 0.179. The van der Waals surface area contributed by atoms with Gasteiger partial charge in [0.1, 0.15) is 17.6 Å². The minimum atomic E-state index is -0.173. The van der Waals surface area contributed by atoms with Crippen LogP contribution in [0.4, 0.5) is 16.0 Å². The maximum atomic E-state index is 13.7. The molecule has 2 atom stereocenters. The molecule has 45 heavy (non-hydrogen) atoms. The number of halogens is 1. The van der Waals surface area contributed by atoms with Crippen molar-refractivity contribution in [1.29, 1.82) is 0 Å². The largest absolute Gasteiger partial charge is 0.423 e. The highest BCUT2D eigenvalue weighted by Crippen LogP contribution is 2.43. The van der Waals surface area contributed by atoms with Crippen molar-refractivity contribution in [3.63, 3.8) is 0 Å². The number of benzene rings is 3. The Morgan fingerprint density at radius 1 is 0.933 bits per heavy atom. The van der Waals surface area contributed by atoms with E-state index in [1.54, 1.807) is 12.1 Å². The van der Waals surface area contributed by atoms with Gasteiger partial charge in [-0.3, -0.25) is 0 Å². The van der Waals surface area contributed by atoms with E-state index in [0.717, 1.165) is 86.3 Å². The Labute approximate surface area is 272 Å². The number of nitrogens with one attached hydrogen (secondary N) is 1. The molecule has 238 valence electrons. The molecule has 2 heterocycles. The molecule has 2 aliphatic rings. The average Bonchev–Trinajstić information content (AvgIpc) is 3.48. The van der Waals surface area contributed by atoms with E-state index in [-0.39, 0.29) is 11.9 Å². The van der Waals surface area contributed by atoms with Gasteiger partial charge in [-0.2, -0.15) is 11.8 Å². The number of para-hydroxylation sites is 1. The van der Waals surface area contributed by atoms with E-state index in [0.29, 0.717) is 17.9 Å². The number of aryl methyl sites for hydroxylation is 1. The highest BCUT2D eigenvalue weighted by Gasteiger charge is 2.33. The summed E-state index contributed by atoms with van der Waals surface area (Å²) in [7, 11) is 4.30. The average molecular weight is 627 g/mol. The molecule has 3 aromatic carbocycles. The molecule has 0 spiro atoms. The van der Waals surface area contributed by atoms with E-state index in [9.17, 15) is 4.39 Å². The lowest BCUT2D eigenvalue weighted by Crippen LogP contribution is -2.32. The van der Waals surface area contributed by atoms with Gasteiger partial charge >= 0.3 is 0 Å².